The van der Waals surface area contributed by atoms with Crippen LogP contribution in [0.15, 0.2) is 18.2 Å². The largest absolute Gasteiger partial charge is 0.329 e. The third-order valence-corrected chi connectivity index (χ3v) is 4.78. The fourth-order valence-electron chi connectivity index (χ4n) is 3.03. The Kier molecular flexibility index (Phi) is 5.26. The molecule has 0 radical (unpaired) electrons. The maximum atomic E-state index is 6.25. The number of hydrogen-bond donors (Lipinski definition) is 1. The Morgan fingerprint density at radius 2 is 2.26 bits per heavy atom. The van der Waals surface area contributed by atoms with E-state index in [4.69, 9.17) is 17.3 Å². The van der Waals surface area contributed by atoms with Crippen molar-refractivity contribution < 1.29 is 0 Å². The predicted molar refractivity (Wildman–Crippen MR) is 82.6 cm³/mol. The molecule has 0 amide bonds. The van der Waals surface area contributed by atoms with Crippen LogP contribution in [0.5, 0.6) is 0 Å². The molecule has 3 heteroatoms. The molecule has 0 bridgehead atoms. The van der Waals surface area contributed by atoms with Gasteiger partial charge >= 0.3 is 0 Å². The molecule has 106 valence electrons. The zero-order chi connectivity index (χ0) is 13.8. The number of halogens is 1. The van der Waals surface area contributed by atoms with Crippen LogP contribution in [-0.2, 0) is 0 Å². The summed E-state index contributed by atoms with van der Waals surface area (Å²) in [6.45, 7) is 7.31. The summed E-state index contributed by atoms with van der Waals surface area (Å²) in [7, 11) is 0. The fourth-order valence-corrected chi connectivity index (χ4v) is 3.21. The van der Waals surface area contributed by atoms with Crippen molar-refractivity contribution in [2.45, 2.75) is 39.2 Å². The van der Waals surface area contributed by atoms with Gasteiger partial charge in [0.2, 0.25) is 0 Å². The first-order valence-electron chi connectivity index (χ1n) is 7.35. The number of likely N-dealkylation sites (tertiary alicyclic amines) is 1. The first-order valence-corrected chi connectivity index (χ1v) is 7.73. The van der Waals surface area contributed by atoms with E-state index in [1.54, 1.807) is 0 Å². The van der Waals surface area contributed by atoms with Gasteiger partial charge in [-0.05, 0) is 49.4 Å². The molecule has 0 aromatic heterocycles. The van der Waals surface area contributed by atoms with E-state index < -0.39 is 0 Å². The number of nitrogens with zero attached hydrogens (tertiary/aromatic N) is 1. The number of nitrogens with two attached hydrogens (primary N) is 1. The lowest BCUT2D eigenvalue weighted by atomic mass is 9.93. The van der Waals surface area contributed by atoms with Crippen LogP contribution in [0.4, 0.5) is 0 Å². The molecular formula is C16H25ClN2. The van der Waals surface area contributed by atoms with Gasteiger partial charge in [-0.2, -0.15) is 0 Å². The molecule has 2 atom stereocenters. The molecule has 2 N–H and O–H groups in total. The highest BCUT2D eigenvalue weighted by atomic mass is 35.5. The van der Waals surface area contributed by atoms with Gasteiger partial charge in [-0.15, -0.1) is 0 Å². The first-order chi connectivity index (χ1) is 9.15. The van der Waals surface area contributed by atoms with E-state index >= 15 is 0 Å². The highest BCUT2D eigenvalue weighted by molar-refractivity contribution is 6.31. The second kappa shape index (κ2) is 6.74. The zero-order valence-electron chi connectivity index (χ0n) is 12.0. The molecule has 19 heavy (non-hydrogen) atoms. The molecule has 2 unspecified atom stereocenters. The predicted octanol–water partition coefficient (Wildman–Crippen LogP) is 3.77. The van der Waals surface area contributed by atoms with Crippen LogP contribution < -0.4 is 5.73 Å². The van der Waals surface area contributed by atoms with Gasteiger partial charge in [-0.1, -0.05) is 37.1 Å². The third-order valence-electron chi connectivity index (χ3n) is 4.37. The van der Waals surface area contributed by atoms with Gasteiger partial charge in [0.25, 0.3) is 0 Å². The summed E-state index contributed by atoms with van der Waals surface area (Å²) in [6, 6.07) is 6.67. The molecule has 1 heterocycles. The van der Waals surface area contributed by atoms with Crippen LogP contribution in [0, 0.1) is 12.8 Å². The van der Waals surface area contributed by atoms with Crippen molar-refractivity contribution in [2.24, 2.45) is 11.7 Å². The highest BCUT2D eigenvalue weighted by Crippen LogP contribution is 2.29. The van der Waals surface area contributed by atoms with Gasteiger partial charge in [0.05, 0.1) is 0 Å². The summed E-state index contributed by atoms with van der Waals surface area (Å²) in [5.41, 5.74) is 8.42. The van der Waals surface area contributed by atoms with Gasteiger partial charge in [0.15, 0.2) is 0 Å². The minimum atomic E-state index is 0.312. The Hall–Kier alpha value is -0.570. The molecule has 2 rings (SSSR count). The standard InChI is InChI=1S/C16H25ClN2/c1-3-13-5-4-8-19(11-13)16(10-18)14-7-6-12(2)15(17)9-14/h6-7,9,13,16H,3-5,8,10-11,18H2,1-2H3. The van der Waals surface area contributed by atoms with Crippen molar-refractivity contribution >= 4 is 11.6 Å². The van der Waals surface area contributed by atoms with Crippen LogP contribution in [-0.4, -0.2) is 24.5 Å². The quantitative estimate of drug-likeness (QED) is 0.910. The molecule has 1 aliphatic rings. The Morgan fingerprint density at radius 1 is 1.47 bits per heavy atom. The number of hydrogen-bond acceptors (Lipinski definition) is 2. The van der Waals surface area contributed by atoms with Crippen LogP contribution in [0.2, 0.25) is 5.02 Å². The number of aryl methyl sites for hydroxylation is 1. The Morgan fingerprint density at radius 3 is 2.89 bits per heavy atom. The van der Waals surface area contributed by atoms with Crippen LogP contribution >= 0.6 is 11.6 Å². The molecule has 1 aliphatic heterocycles. The topological polar surface area (TPSA) is 29.3 Å². The zero-order valence-corrected chi connectivity index (χ0v) is 12.8. The molecule has 1 saturated heterocycles. The van der Waals surface area contributed by atoms with Gasteiger partial charge in [0, 0.05) is 24.2 Å². The van der Waals surface area contributed by atoms with Gasteiger partial charge < -0.3 is 5.73 Å². The van der Waals surface area contributed by atoms with E-state index in [1.807, 2.05) is 6.92 Å². The van der Waals surface area contributed by atoms with Crippen LogP contribution in [0.25, 0.3) is 0 Å². The third kappa shape index (κ3) is 3.50. The van der Waals surface area contributed by atoms with Crippen molar-refractivity contribution in [2.75, 3.05) is 19.6 Å². The van der Waals surface area contributed by atoms with Crippen molar-refractivity contribution in [3.05, 3.63) is 34.3 Å². The molecule has 2 nitrogen and oxygen atoms in total. The lowest BCUT2D eigenvalue weighted by Crippen LogP contribution is -2.41. The molecule has 0 saturated carbocycles. The smallest absolute Gasteiger partial charge is 0.0471 e. The lowest BCUT2D eigenvalue weighted by molar-refractivity contribution is 0.124. The second-order valence-electron chi connectivity index (χ2n) is 5.67. The van der Waals surface area contributed by atoms with Crippen molar-refractivity contribution in [3.63, 3.8) is 0 Å². The van der Waals surface area contributed by atoms with E-state index in [1.165, 1.54) is 31.4 Å². The lowest BCUT2D eigenvalue weighted by Gasteiger charge is -2.38. The molecule has 1 fully saturated rings. The number of piperidine rings is 1. The van der Waals surface area contributed by atoms with Gasteiger partial charge in [-0.25, -0.2) is 0 Å². The highest BCUT2D eigenvalue weighted by Gasteiger charge is 2.25. The fraction of sp³-hybridized carbons (Fsp3) is 0.625. The summed E-state index contributed by atoms with van der Waals surface area (Å²) in [4.78, 5) is 2.54. The molecule has 1 aromatic carbocycles. The maximum Gasteiger partial charge on any atom is 0.0471 e. The molecule has 1 aromatic rings. The first kappa shape index (κ1) is 14.8. The van der Waals surface area contributed by atoms with Crippen molar-refractivity contribution in [1.29, 1.82) is 0 Å². The summed E-state index contributed by atoms with van der Waals surface area (Å²) < 4.78 is 0. The van der Waals surface area contributed by atoms with Crippen LogP contribution in [0.3, 0.4) is 0 Å². The normalized spacial score (nSPS) is 22.4. The van der Waals surface area contributed by atoms with E-state index in [-0.39, 0.29) is 0 Å². The summed E-state index contributed by atoms with van der Waals surface area (Å²) >= 11 is 6.25. The molecule has 0 aliphatic carbocycles. The minimum Gasteiger partial charge on any atom is -0.329 e. The second-order valence-corrected chi connectivity index (χ2v) is 6.08. The monoisotopic (exact) mass is 280 g/mol. The van der Waals surface area contributed by atoms with Crippen molar-refractivity contribution in [3.8, 4) is 0 Å². The van der Waals surface area contributed by atoms with Crippen LogP contribution in [0.1, 0.15) is 43.4 Å². The number of rotatable bonds is 4. The maximum absolute atomic E-state index is 6.25. The van der Waals surface area contributed by atoms with E-state index in [0.717, 1.165) is 23.0 Å². The average molecular weight is 281 g/mol. The molecular weight excluding hydrogens is 256 g/mol. The SMILES string of the molecule is CCC1CCCN(C(CN)c2ccc(C)c(Cl)c2)C1. The molecule has 0 spiro atoms. The van der Waals surface area contributed by atoms with Gasteiger partial charge in [0.1, 0.15) is 0 Å². The average Bonchev–Trinajstić information content (AvgIpc) is 2.44. The summed E-state index contributed by atoms with van der Waals surface area (Å²) in [5.74, 6) is 0.823. The van der Waals surface area contributed by atoms with Gasteiger partial charge in [-0.3, -0.25) is 4.90 Å². The summed E-state index contributed by atoms with van der Waals surface area (Å²) in [6.07, 6.45) is 3.91. The van der Waals surface area contributed by atoms with Crippen molar-refractivity contribution in [1.82, 2.24) is 4.90 Å². The number of benzene rings is 1. The minimum absolute atomic E-state index is 0.312. The Labute approximate surface area is 121 Å². The Balaban J connectivity index is 2.16. The van der Waals surface area contributed by atoms with E-state index in [2.05, 4.69) is 30.0 Å². The van der Waals surface area contributed by atoms with E-state index in [9.17, 15) is 0 Å². The Bertz CT molecular complexity index is 419. The van der Waals surface area contributed by atoms with E-state index in [0.29, 0.717) is 12.6 Å². The summed E-state index contributed by atoms with van der Waals surface area (Å²) in [5, 5.41) is 0.847.